The second-order valence-corrected chi connectivity index (χ2v) is 4.64. The van der Waals surface area contributed by atoms with Gasteiger partial charge in [0.25, 0.3) is 0 Å². The number of anilines is 1. The van der Waals surface area contributed by atoms with Gasteiger partial charge in [0.15, 0.2) is 0 Å². The van der Waals surface area contributed by atoms with Gasteiger partial charge in [-0.3, -0.25) is 15.2 Å². The molecular weight excluding hydrogens is 260 g/mol. The summed E-state index contributed by atoms with van der Waals surface area (Å²) in [7, 11) is 0. The fraction of sp³-hybridized carbons (Fsp3) is 0.500. The van der Waals surface area contributed by atoms with Gasteiger partial charge in [-0.05, 0) is 20.3 Å². The van der Waals surface area contributed by atoms with Crippen molar-refractivity contribution in [3.8, 4) is 0 Å². The first-order valence-electron chi connectivity index (χ1n) is 6.49. The molecule has 0 amide bonds. The van der Waals surface area contributed by atoms with E-state index < -0.39 is 0 Å². The normalized spacial score (nSPS) is 10.8. The van der Waals surface area contributed by atoms with Crippen LogP contribution in [0.15, 0.2) is 6.20 Å². The largest absolute Gasteiger partial charge is 0.360 e. The number of H-pyrrole nitrogens is 1. The number of hydrogen-bond acceptors (Lipinski definition) is 5. The van der Waals surface area contributed by atoms with E-state index in [0.717, 1.165) is 17.7 Å². The van der Waals surface area contributed by atoms with Crippen molar-refractivity contribution in [1.82, 2.24) is 20.0 Å². The molecule has 108 valence electrons. The molecular formula is C12H18N6O2. The third kappa shape index (κ3) is 2.63. The van der Waals surface area contributed by atoms with E-state index in [2.05, 4.69) is 20.6 Å². The Morgan fingerprint density at radius 2 is 2.25 bits per heavy atom. The fourth-order valence-corrected chi connectivity index (χ4v) is 2.07. The molecule has 0 aliphatic heterocycles. The Morgan fingerprint density at radius 1 is 1.50 bits per heavy atom. The summed E-state index contributed by atoms with van der Waals surface area (Å²) >= 11 is 0. The van der Waals surface area contributed by atoms with E-state index >= 15 is 0 Å². The zero-order valence-corrected chi connectivity index (χ0v) is 11.8. The first-order chi connectivity index (χ1) is 9.54. The predicted octanol–water partition coefficient (Wildman–Crippen LogP) is 2.15. The van der Waals surface area contributed by atoms with Crippen LogP contribution in [0.25, 0.3) is 0 Å². The molecule has 8 nitrogen and oxygen atoms in total. The average molecular weight is 278 g/mol. The van der Waals surface area contributed by atoms with Crippen LogP contribution in [0.4, 0.5) is 11.5 Å². The van der Waals surface area contributed by atoms with Crippen LogP contribution in [-0.2, 0) is 13.1 Å². The van der Waals surface area contributed by atoms with Crippen LogP contribution in [0, 0.1) is 24.0 Å². The highest BCUT2D eigenvalue weighted by atomic mass is 16.6. The summed E-state index contributed by atoms with van der Waals surface area (Å²) < 4.78 is 1.66. The smallest absolute Gasteiger partial charge is 0.333 e. The van der Waals surface area contributed by atoms with Gasteiger partial charge < -0.3 is 5.32 Å². The molecule has 0 bridgehead atoms. The number of hydrogen-bond donors (Lipinski definition) is 2. The van der Waals surface area contributed by atoms with Gasteiger partial charge in [-0.25, -0.2) is 4.68 Å². The minimum Gasteiger partial charge on any atom is -0.360 e. The molecule has 0 unspecified atom stereocenters. The molecule has 0 saturated heterocycles. The monoisotopic (exact) mass is 278 g/mol. The summed E-state index contributed by atoms with van der Waals surface area (Å²) in [5.41, 5.74) is 2.38. The molecule has 0 aliphatic rings. The number of aromatic amines is 1. The first-order valence-corrected chi connectivity index (χ1v) is 6.49. The molecule has 0 aromatic carbocycles. The van der Waals surface area contributed by atoms with Crippen LogP contribution in [0.3, 0.4) is 0 Å². The molecule has 2 heterocycles. The van der Waals surface area contributed by atoms with Crippen LogP contribution >= 0.6 is 0 Å². The topological polar surface area (TPSA) is 102 Å². The Bertz CT molecular complexity index is 615. The quantitative estimate of drug-likeness (QED) is 0.622. The third-order valence-corrected chi connectivity index (χ3v) is 3.09. The van der Waals surface area contributed by atoms with Gasteiger partial charge in [-0.2, -0.15) is 10.2 Å². The summed E-state index contributed by atoms with van der Waals surface area (Å²) in [5, 5.41) is 25.3. The van der Waals surface area contributed by atoms with Gasteiger partial charge in [0.1, 0.15) is 5.69 Å². The molecule has 8 heteroatoms. The maximum atomic E-state index is 11.2. The van der Waals surface area contributed by atoms with Crippen molar-refractivity contribution in [2.24, 2.45) is 0 Å². The minimum atomic E-state index is -0.390. The van der Waals surface area contributed by atoms with Crippen molar-refractivity contribution >= 4 is 11.5 Å². The number of aromatic nitrogens is 4. The van der Waals surface area contributed by atoms with Crippen LogP contribution < -0.4 is 5.32 Å². The molecule has 0 saturated carbocycles. The lowest BCUT2D eigenvalue weighted by Crippen LogP contribution is -2.09. The fourth-order valence-electron chi connectivity index (χ4n) is 2.07. The molecule has 0 atom stereocenters. The highest BCUT2D eigenvalue weighted by Gasteiger charge is 2.24. The van der Waals surface area contributed by atoms with Gasteiger partial charge in [0.2, 0.25) is 5.82 Å². The number of rotatable bonds is 6. The van der Waals surface area contributed by atoms with Gasteiger partial charge >= 0.3 is 5.69 Å². The molecule has 0 aliphatic carbocycles. The molecule has 0 fully saturated rings. The second-order valence-electron chi connectivity index (χ2n) is 4.64. The standard InChI is InChI=1S/C12H18N6O2/c1-4-5-17-12(11(18(19)20)9(3)16-17)13-6-10-7-14-15-8(10)2/h7,13H,4-6H2,1-3H3,(H,14,15). The lowest BCUT2D eigenvalue weighted by molar-refractivity contribution is -0.384. The van der Waals surface area contributed by atoms with Crippen LogP contribution in [0.1, 0.15) is 30.3 Å². The predicted molar refractivity (Wildman–Crippen MR) is 74.6 cm³/mol. The summed E-state index contributed by atoms with van der Waals surface area (Å²) in [6.45, 7) is 6.68. The number of nitrogens with one attached hydrogen (secondary N) is 2. The second kappa shape index (κ2) is 5.72. The Morgan fingerprint density at radius 3 is 2.80 bits per heavy atom. The van der Waals surface area contributed by atoms with Crippen molar-refractivity contribution in [2.75, 3.05) is 5.32 Å². The zero-order chi connectivity index (χ0) is 14.7. The van der Waals surface area contributed by atoms with E-state index in [-0.39, 0.29) is 10.6 Å². The van der Waals surface area contributed by atoms with E-state index in [1.54, 1.807) is 17.8 Å². The number of nitrogens with zero attached hydrogens (tertiary/aromatic N) is 4. The molecule has 2 rings (SSSR count). The van der Waals surface area contributed by atoms with E-state index in [1.807, 2.05) is 13.8 Å². The van der Waals surface area contributed by atoms with E-state index in [4.69, 9.17) is 0 Å². The maximum Gasteiger partial charge on any atom is 0.333 e. The number of aryl methyl sites for hydroxylation is 3. The molecule has 2 aromatic heterocycles. The number of nitro groups is 1. The Kier molecular flexibility index (Phi) is 4.02. The van der Waals surface area contributed by atoms with Crippen molar-refractivity contribution < 1.29 is 4.92 Å². The van der Waals surface area contributed by atoms with E-state index in [1.165, 1.54) is 0 Å². The van der Waals surface area contributed by atoms with Gasteiger partial charge in [-0.15, -0.1) is 0 Å². The van der Waals surface area contributed by atoms with Gasteiger partial charge in [0.05, 0.1) is 11.1 Å². The molecule has 0 radical (unpaired) electrons. The van der Waals surface area contributed by atoms with Gasteiger partial charge in [0, 0.05) is 24.3 Å². The highest BCUT2D eigenvalue weighted by molar-refractivity contribution is 5.59. The van der Waals surface area contributed by atoms with Crippen molar-refractivity contribution in [3.05, 3.63) is 33.3 Å². The lowest BCUT2D eigenvalue weighted by atomic mass is 10.2. The van der Waals surface area contributed by atoms with Crippen molar-refractivity contribution in [1.29, 1.82) is 0 Å². The van der Waals surface area contributed by atoms with E-state index in [0.29, 0.717) is 24.6 Å². The lowest BCUT2D eigenvalue weighted by Gasteiger charge is -2.08. The Labute approximate surface area is 116 Å². The summed E-state index contributed by atoms with van der Waals surface area (Å²) in [4.78, 5) is 10.8. The third-order valence-electron chi connectivity index (χ3n) is 3.09. The summed E-state index contributed by atoms with van der Waals surface area (Å²) in [6, 6.07) is 0. The molecule has 2 N–H and O–H groups in total. The van der Waals surface area contributed by atoms with Crippen LogP contribution in [0.5, 0.6) is 0 Å². The van der Waals surface area contributed by atoms with Crippen LogP contribution in [0.2, 0.25) is 0 Å². The Balaban J connectivity index is 2.28. The summed E-state index contributed by atoms with van der Waals surface area (Å²) in [5.74, 6) is 0.454. The summed E-state index contributed by atoms with van der Waals surface area (Å²) in [6.07, 6.45) is 2.57. The highest BCUT2D eigenvalue weighted by Crippen LogP contribution is 2.28. The molecule has 0 spiro atoms. The average Bonchev–Trinajstić information content (AvgIpc) is 2.91. The van der Waals surface area contributed by atoms with Crippen LogP contribution in [-0.4, -0.2) is 24.9 Å². The molecule has 20 heavy (non-hydrogen) atoms. The van der Waals surface area contributed by atoms with Crippen molar-refractivity contribution in [2.45, 2.75) is 40.3 Å². The Hall–Kier alpha value is -2.38. The zero-order valence-electron chi connectivity index (χ0n) is 11.8. The van der Waals surface area contributed by atoms with Crippen molar-refractivity contribution in [3.63, 3.8) is 0 Å². The minimum absolute atomic E-state index is 0.0413. The maximum absolute atomic E-state index is 11.2. The van der Waals surface area contributed by atoms with E-state index in [9.17, 15) is 10.1 Å². The molecule has 2 aromatic rings. The van der Waals surface area contributed by atoms with Gasteiger partial charge in [-0.1, -0.05) is 6.92 Å². The first kappa shape index (κ1) is 14.0. The SMILES string of the molecule is CCCn1nc(C)c([N+](=O)[O-])c1NCc1cn[nH]c1C.